The van der Waals surface area contributed by atoms with Gasteiger partial charge in [0, 0.05) is 9.92 Å². The first kappa shape index (κ1) is 16.5. The summed E-state index contributed by atoms with van der Waals surface area (Å²) < 4.78 is 12.9. The van der Waals surface area contributed by atoms with Crippen molar-refractivity contribution in [3.63, 3.8) is 0 Å². The van der Waals surface area contributed by atoms with Gasteiger partial charge in [0.2, 0.25) is 0 Å². The van der Waals surface area contributed by atoms with Gasteiger partial charge in [-0.15, -0.1) is 0 Å². The lowest BCUT2D eigenvalue weighted by molar-refractivity contribution is 0.167. The van der Waals surface area contributed by atoms with Crippen LogP contribution in [0.5, 0.6) is 0 Å². The fourth-order valence-electron chi connectivity index (χ4n) is 3.04. The summed E-state index contributed by atoms with van der Waals surface area (Å²) >= 11 is 5.89. The average Bonchev–Trinajstić information content (AvgIpc) is 2.45. The van der Waals surface area contributed by atoms with E-state index < -0.39 is 10.8 Å². The van der Waals surface area contributed by atoms with Gasteiger partial charge < -0.3 is 0 Å². The minimum absolute atomic E-state index is 0.0749. The fraction of sp³-hybridized carbons (Fsp3) is 0.588. The maximum absolute atomic E-state index is 12.9. The molecular weight excluding hydrogens is 302 g/mol. The van der Waals surface area contributed by atoms with Crippen LogP contribution in [-0.2, 0) is 10.8 Å². The van der Waals surface area contributed by atoms with E-state index in [4.69, 9.17) is 11.6 Å². The lowest BCUT2D eigenvalue weighted by Gasteiger charge is -2.39. The van der Waals surface area contributed by atoms with Crippen LogP contribution in [0.2, 0.25) is 5.02 Å². The van der Waals surface area contributed by atoms with Gasteiger partial charge >= 0.3 is 0 Å². The van der Waals surface area contributed by atoms with E-state index in [1.54, 1.807) is 12.1 Å². The fourth-order valence-corrected chi connectivity index (χ4v) is 4.83. The highest BCUT2D eigenvalue weighted by Gasteiger charge is 2.39. The summed E-state index contributed by atoms with van der Waals surface area (Å²) in [5, 5.41) is 9.95. The number of rotatable bonds is 2. The highest BCUT2D eigenvalue weighted by Crippen LogP contribution is 2.42. The van der Waals surface area contributed by atoms with E-state index in [1.807, 2.05) is 12.1 Å². The van der Waals surface area contributed by atoms with Gasteiger partial charge in [0.05, 0.1) is 28.0 Å². The summed E-state index contributed by atoms with van der Waals surface area (Å²) in [4.78, 5) is 0.777. The molecule has 1 aliphatic carbocycles. The Labute approximate surface area is 135 Å². The molecule has 2 nitrogen and oxygen atoms in total. The number of halogens is 1. The van der Waals surface area contributed by atoms with Crippen LogP contribution >= 0.6 is 11.6 Å². The summed E-state index contributed by atoms with van der Waals surface area (Å²) in [7, 11) is -1.14. The molecule has 0 heterocycles. The highest BCUT2D eigenvalue weighted by atomic mass is 35.5. The van der Waals surface area contributed by atoms with Crippen molar-refractivity contribution in [3.8, 4) is 6.07 Å². The molecule has 0 spiro atoms. The van der Waals surface area contributed by atoms with E-state index in [0.717, 1.165) is 24.2 Å². The Hall–Kier alpha value is -0.850. The Morgan fingerprint density at radius 3 is 2.38 bits per heavy atom. The molecule has 4 unspecified atom stereocenters. The maximum atomic E-state index is 12.9. The van der Waals surface area contributed by atoms with Crippen LogP contribution in [0.1, 0.15) is 40.0 Å². The lowest BCUT2D eigenvalue weighted by atomic mass is 9.70. The topological polar surface area (TPSA) is 40.9 Å². The lowest BCUT2D eigenvalue weighted by Crippen LogP contribution is -2.37. The molecule has 4 atom stereocenters. The molecule has 1 aliphatic rings. The van der Waals surface area contributed by atoms with Gasteiger partial charge in [-0.2, -0.15) is 5.26 Å². The smallest absolute Gasteiger partial charge is 0.0668 e. The largest absolute Gasteiger partial charge is 0.254 e. The van der Waals surface area contributed by atoms with Gasteiger partial charge in [-0.1, -0.05) is 32.4 Å². The molecule has 0 aromatic heterocycles. The number of nitrogens with zero attached hydrogens (tertiary/aromatic N) is 1. The van der Waals surface area contributed by atoms with Gasteiger partial charge in [-0.05, 0) is 54.9 Å². The van der Waals surface area contributed by atoms with Gasteiger partial charge in [0.15, 0.2) is 0 Å². The molecule has 0 bridgehead atoms. The first-order chi connectivity index (χ1) is 9.82. The molecule has 0 aliphatic heterocycles. The third kappa shape index (κ3) is 3.87. The van der Waals surface area contributed by atoms with Crippen molar-refractivity contribution in [1.29, 1.82) is 5.26 Å². The van der Waals surface area contributed by atoms with Crippen molar-refractivity contribution in [2.24, 2.45) is 17.3 Å². The first-order valence-corrected chi connectivity index (χ1v) is 8.98. The number of hydrogen-bond donors (Lipinski definition) is 0. The van der Waals surface area contributed by atoms with Crippen LogP contribution < -0.4 is 0 Å². The number of hydrogen-bond acceptors (Lipinski definition) is 2. The second-order valence-electron chi connectivity index (χ2n) is 6.90. The van der Waals surface area contributed by atoms with E-state index in [-0.39, 0.29) is 16.6 Å². The molecular formula is C17H22ClNOS. The van der Waals surface area contributed by atoms with E-state index in [2.05, 4.69) is 26.8 Å². The second kappa shape index (κ2) is 6.50. The normalized spacial score (nSPS) is 27.9. The van der Waals surface area contributed by atoms with E-state index >= 15 is 0 Å². The zero-order chi connectivity index (χ0) is 15.6. The van der Waals surface area contributed by atoms with Crippen molar-refractivity contribution >= 4 is 22.4 Å². The monoisotopic (exact) mass is 323 g/mol. The van der Waals surface area contributed by atoms with Gasteiger partial charge in [-0.25, -0.2) is 0 Å². The molecule has 2 rings (SSSR count). The minimum atomic E-state index is -1.14. The zero-order valence-electron chi connectivity index (χ0n) is 12.8. The minimum Gasteiger partial charge on any atom is -0.254 e. The predicted molar refractivity (Wildman–Crippen MR) is 87.5 cm³/mol. The summed E-state index contributed by atoms with van der Waals surface area (Å²) in [6.07, 6.45) is 2.76. The summed E-state index contributed by atoms with van der Waals surface area (Å²) in [6.45, 7) is 6.69. The molecule has 1 aromatic carbocycles. The number of nitriles is 1. The van der Waals surface area contributed by atoms with Crippen LogP contribution in [0.4, 0.5) is 0 Å². The molecule has 0 amide bonds. The third-order valence-electron chi connectivity index (χ3n) is 4.50. The molecule has 4 heteroatoms. The molecule has 21 heavy (non-hydrogen) atoms. The molecule has 0 N–H and O–H groups in total. The summed E-state index contributed by atoms with van der Waals surface area (Å²) in [6, 6.07) is 9.52. The molecule has 1 saturated carbocycles. The molecule has 0 radical (unpaired) electrons. The maximum Gasteiger partial charge on any atom is 0.0668 e. The van der Waals surface area contributed by atoms with E-state index in [9.17, 15) is 9.47 Å². The predicted octanol–water partition coefficient (Wildman–Crippen LogP) is 4.80. The molecule has 1 aromatic rings. The Morgan fingerprint density at radius 1 is 1.24 bits per heavy atom. The van der Waals surface area contributed by atoms with E-state index in [0.29, 0.717) is 10.9 Å². The van der Waals surface area contributed by atoms with Crippen molar-refractivity contribution < 1.29 is 4.21 Å². The first-order valence-electron chi connectivity index (χ1n) is 7.38. The second-order valence-corrected chi connectivity index (χ2v) is 9.01. The van der Waals surface area contributed by atoms with Gasteiger partial charge in [0.25, 0.3) is 0 Å². The van der Waals surface area contributed by atoms with Crippen molar-refractivity contribution in [1.82, 2.24) is 0 Å². The highest BCUT2D eigenvalue weighted by molar-refractivity contribution is 7.85. The van der Waals surface area contributed by atoms with Crippen LogP contribution in [0.25, 0.3) is 0 Å². The number of benzene rings is 1. The zero-order valence-corrected chi connectivity index (χ0v) is 14.4. The van der Waals surface area contributed by atoms with Crippen molar-refractivity contribution in [2.75, 3.05) is 0 Å². The Kier molecular flexibility index (Phi) is 5.11. The summed E-state index contributed by atoms with van der Waals surface area (Å²) in [5.41, 5.74) is 0.197. The van der Waals surface area contributed by atoms with Gasteiger partial charge in [-0.3, -0.25) is 4.21 Å². The third-order valence-corrected chi connectivity index (χ3v) is 6.56. The molecule has 1 fully saturated rings. The summed E-state index contributed by atoms with van der Waals surface area (Å²) in [5.74, 6) is 0.406. The molecule has 114 valence electrons. The average molecular weight is 324 g/mol. The molecule has 0 saturated heterocycles. The standard InChI is InChI=1S/C17H22ClNOS/c1-17(2,3)13-5-4-12(11-19)16(10-13)21(20)15-8-6-14(18)7-9-15/h6-9,12-13,16H,4-5,10H2,1-3H3. The van der Waals surface area contributed by atoms with Crippen LogP contribution in [0.3, 0.4) is 0 Å². The van der Waals surface area contributed by atoms with Crippen LogP contribution in [0.15, 0.2) is 29.2 Å². The Balaban J connectivity index is 2.23. The van der Waals surface area contributed by atoms with Crippen LogP contribution in [-0.4, -0.2) is 9.46 Å². The Morgan fingerprint density at radius 2 is 1.86 bits per heavy atom. The SMILES string of the molecule is CC(C)(C)C1CCC(C#N)C(S(=O)c2ccc(Cl)cc2)C1. The van der Waals surface area contributed by atoms with Crippen molar-refractivity contribution in [3.05, 3.63) is 29.3 Å². The van der Waals surface area contributed by atoms with E-state index in [1.165, 1.54) is 0 Å². The quantitative estimate of drug-likeness (QED) is 0.784. The van der Waals surface area contributed by atoms with Crippen molar-refractivity contribution in [2.45, 2.75) is 50.2 Å². The Bertz CT molecular complexity index is 556. The van der Waals surface area contributed by atoms with Gasteiger partial charge in [0.1, 0.15) is 0 Å². The van der Waals surface area contributed by atoms with Crippen LogP contribution in [0, 0.1) is 28.6 Å².